The normalized spacial score (nSPS) is 12.9. The van der Waals surface area contributed by atoms with E-state index >= 15 is 0 Å². The van der Waals surface area contributed by atoms with Gasteiger partial charge in [-0.1, -0.05) is 11.6 Å². The van der Waals surface area contributed by atoms with Gasteiger partial charge in [-0.15, -0.1) is 0 Å². The Morgan fingerprint density at radius 3 is 2.20 bits per heavy atom. The van der Waals surface area contributed by atoms with Gasteiger partial charge >= 0.3 is 6.18 Å². The van der Waals surface area contributed by atoms with Crippen molar-refractivity contribution in [3.05, 3.63) is 29.3 Å². The first-order chi connectivity index (χ1) is 6.62. The van der Waals surface area contributed by atoms with Crippen molar-refractivity contribution in [1.29, 1.82) is 0 Å². The maximum absolute atomic E-state index is 12.4. The zero-order chi connectivity index (χ0) is 11.9. The lowest BCUT2D eigenvalue weighted by Crippen LogP contribution is -2.19. The Labute approximate surface area is 84.8 Å². The molecule has 0 unspecified atom stereocenters. The summed E-state index contributed by atoms with van der Waals surface area (Å²) in [4.78, 5) is -0.902. The summed E-state index contributed by atoms with van der Waals surface area (Å²) in [5, 5.41) is 4.68. The van der Waals surface area contributed by atoms with Gasteiger partial charge in [-0.2, -0.15) is 13.2 Å². The summed E-state index contributed by atoms with van der Waals surface area (Å²) in [6, 6.07) is 2.86. The molecule has 84 valence electrons. The second kappa shape index (κ2) is 3.49. The van der Waals surface area contributed by atoms with Gasteiger partial charge in [0.1, 0.15) is 0 Å². The fourth-order valence-electron chi connectivity index (χ4n) is 1.11. The van der Waals surface area contributed by atoms with Gasteiger partial charge in [0.2, 0.25) is 10.0 Å². The molecule has 0 radical (unpaired) electrons. The maximum Gasteiger partial charge on any atom is 0.417 e. The summed E-state index contributed by atoms with van der Waals surface area (Å²) < 4.78 is 59.1. The van der Waals surface area contributed by atoms with Crippen LogP contribution < -0.4 is 5.14 Å². The molecule has 2 N–H and O–H groups in total. The van der Waals surface area contributed by atoms with Crippen LogP contribution in [-0.4, -0.2) is 8.42 Å². The predicted octanol–water partition coefficient (Wildman–Crippen LogP) is 1.66. The fraction of sp³-hybridized carbons (Fsp3) is 0.250. The number of aryl methyl sites for hydroxylation is 1. The molecule has 7 heteroatoms. The fourth-order valence-corrected chi connectivity index (χ4v) is 1.85. The van der Waals surface area contributed by atoms with Gasteiger partial charge in [0.15, 0.2) is 0 Å². The van der Waals surface area contributed by atoms with Crippen molar-refractivity contribution >= 4 is 10.0 Å². The summed E-state index contributed by atoms with van der Waals surface area (Å²) in [6.07, 6.45) is -4.73. The van der Waals surface area contributed by atoms with Gasteiger partial charge in [0.05, 0.1) is 10.5 Å². The first-order valence-electron chi connectivity index (χ1n) is 3.83. The Hall–Kier alpha value is -1.08. The van der Waals surface area contributed by atoms with Crippen molar-refractivity contribution in [1.82, 2.24) is 0 Å². The lowest BCUT2D eigenvalue weighted by molar-refractivity contribution is -0.139. The molecule has 0 aliphatic rings. The number of sulfonamides is 1. The van der Waals surface area contributed by atoms with E-state index in [0.29, 0.717) is 5.56 Å². The monoisotopic (exact) mass is 239 g/mol. The third kappa shape index (κ3) is 2.69. The first kappa shape index (κ1) is 12.0. The number of halogens is 3. The minimum absolute atomic E-state index is 0.315. The number of benzene rings is 1. The van der Waals surface area contributed by atoms with E-state index in [-0.39, 0.29) is 0 Å². The number of rotatable bonds is 1. The highest BCUT2D eigenvalue weighted by Crippen LogP contribution is 2.34. The highest BCUT2D eigenvalue weighted by atomic mass is 32.2. The van der Waals surface area contributed by atoms with E-state index < -0.39 is 26.7 Å². The van der Waals surface area contributed by atoms with Gasteiger partial charge in [-0.3, -0.25) is 0 Å². The summed E-state index contributed by atoms with van der Waals surface area (Å²) in [7, 11) is -4.35. The topological polar surface area (TPSA) is 60.2 Å². The van der Waals surface area contributed by atoms with Crippen molar-refractivity contribution in [2.24, 2.45) is 5.14 Å². The standard InChI is InChI=1S/C8H8F3NO2S/c1-5-2-3-7(15(12,13)14)6(4-5)8(9,10)11/h2-4H,1H3,(H2,12,13,14). The number of hydrogen-bond donors (Lipinski definition) is 1. The molecule has 0 aromatic heterocycles. The van der Waals surface area contributed by atoms with Crippen LogP contribution in [0.2, 0.25) is 0 Å². The van der Waals surface area contributed by atoms with Crippen LogP contribution >= 0.6 is 0 Å². The number of hydrogen-bond acceptors (Lipinski definition) is 2. The van der Waals surface area contributed by atoms with Crippen LogP contribution in [0.1, 0.15) is 11.1 Å². The van der Waals surface area contributed by atoms with Gasteiger partial charge in [0, 0.05) is 0 Å². The average Bonchev–Trinajstić information content (AvgIpc) is 2.00. The van der Waals surface area contributed by atoms with Gasteiger partial charge in [-0.05, 0) is 19.1 Å². The molecule has 1 aromatic carbocycles. The number of primary sulfonamides is 1. The zero-order valence-corrected chi connectivity index (χ0v) is 8.48. The number of nitrogens with two attached hydrogens (primary N) is 1. The third-order valence-electron chi connectivity index (χ3n) is 1.75. The van der Waals surface area contributed by atoms with E-state index in [0.717, 1.165) is 12.1 Å². The molecular weight excluding hydrogens is 231 g/mol. The van der Waals surface area contributed by atoms with Crippen LogP contribution in [0.5, 0.6) is 0 Å². The van der Waals surface area contributed by atoms with Gasteiger partial charge < -0.3 is 0 Å². The van der Waals surface area contributed by atoms with Crippen LogP contribution in [0.3, 0.4) is 0 Å². The van der Waals surface area contributed by atoms with Crippen LogP contribution in [0.25, 0.3) is 0 Å². The summed E-state index contributed by atoms with van der Waals surface area (Å²) in [5.74, 6) is 0. The Morgan fingerprint density at radius 2 is 1.80 bits per heavy atom. The van der Waals surface area contributed by atoms with E-state index in [1.807, 2.05) is 0 Å². The van der Waals surface area contributed by atoms with Gasteiger partial charge in [-0.25, -0.2) is 13.6 Å². The quantitative estimate of drug-likeness (QED) is 0.810. The molecule has 0 atom stereocenters. The molecule has 0 spiro atoms. The van der Waals surface area contributed by atoms with Crippen LogP contribution in [0, 0.1) is 6.92 Å². The van der Waals surface area contributed by atoms with Crippen LogP contribution in [0.4, 0.5) is 13.2 Å². The molecule has 0 amide bonds. The molecule has 1 aromatic rings. The molecule has 0 aliphatic heterocycles. The highest BCUT2D eigenvalue weighted by Gasteiger charge is 2.36. The van der Waals surface area contributed by atoms with Gasteiger partial charge in [0.25, 0.3) is 0 Å². The van der Waals surface area contributed by atoms with Crippen molar-refractivity contribution in [3.8, 4) is 0 Å². The molecule has 0 bridgehead atoms. The second-order valence-corrected chi connectivity index (χ2v) is 4.57. The van der Waals surface area contributed by atoms with E-state index in [2.05, 4.69) is 5.14 Å². The van der Waals surface area contributed by atoms with Crippen LogP contribution in [0.15, 0.2) is 23.1 Å². The summed E-state index contributed by atoms with van der Waals surface area (Å²) in [5.41, 5.74) is -0.917. The van der Waals surface area contributed by atoms with E-state index in [1.54, 1.807) is 0 Å². The first-order valence-corrected chi connectivity index (χ1v) is 5.37. The van der Waals surface area contributed by atoms with E-state index in [1.165, 1.54) is 13.0 Å². The number of alkyl halides is 3. The largest absolute Gasteiger partial charge is 0.417 e. The Bertz CT molecular complexity index is 479. The maximum atomic E-state index is 12.4. The predicted molar refractivity (Wildman–Crippen MR) is 47.6 cm³/mol. The van der Waals surface area contributed by atoms with Crippen molar-refractivity contribution < 1.29 is 21.6 Å². The van der Waals surface area contributed by atoms with Crippen LogP contribution in [-0.2, 0) is 16.2 Å². The molecule has 0 saturated carbocycles. The SMILES string of the molecule is Cc1ccc(S(N)(=O)=O)c(C(F)(F)F)c1. The smallest absolute Gasteiger partial charge is 0.225 e. The Balaban J connectivity index is 3.55. The Morgan fingerprint density at radius 1 is 1.27 bits per heavy atom. The lowest BCUT2D eigenvalue weighted by Gasteiger charge is -2.11. The molecule has 1 rings (SSSR count). The second-order valence-electron chi connectivity index (χ2n) is 3.04. The highest BCUT2D eigenvalue weighted by molar-refractivity contribution is 7.89. The van der Waals surface area contributed by atoms with E-state index in [4.69, 9.17) is 0 Å². The summed E-state index contributed by atoms with van der Waals surface area (Å²) >= 11 is 0. The molecule has 0 fully saturated rings. The minimum atomic E-state index is -4.73. The lowest BCUT2D eigenvalue weighted by atomic mass is 10.1. The molecular formula is C8H8F3NO2S. The van der Waals surface area contributed by atoms with E-state index in [9.17, 15) is 21.6 Å². The van der Waals surface area contributed by atoms with Crippen molar-refractivity contribution in [3.63, 3.8) is 0 Å². The zero-order valence-electron chi connectivity index (χ0n) is 7.67. The summed E-state index contributed by atoms with van der Waals surface area (Å²) in [6.45, 7) is 1.43. The van der Waals surface area contributed by atoms with Crippen molar-refractivity contribution in [2.75, 3.05) is 0 Å². The Kier molecular flexibility index (Phi) is 2.79. The third-order valence-corrected chi connectivity index (χ3v) is 2.72. The minimum Gasteiger partial charge on any atom is -0.225 e. The molecule has 0 aliphatic carbocycles. The van der Waals surface area contributed by atoms with Crippen molar-refractivity contribution in [2.45, 2.75) is 18.0 Å². The molecule has 0 heterocycles. The average molecular weight is 239 g/mol. The molecule has 0 saturated heterocycles. The molecule has 3 nitrogen and oxygen atoms in total. The molecule has 15 heavy (non-hydrogen) atoms.